The van der Waals surface area contributed by atoms with Crippen LogP contribution in [0.15, 0.2) is 58.5 Å². The van der Waals surface area contributed by atoms with Gasteiger partial charge in [0.15, 0.2) is 50.2 Å². The number of aromatic nitrogens is 11. The topological polar surface area (TPSA) is 312 Å². The number of alkyl halides is 3. The van der Waals surface area contributed by atoms with Gasteiger partial charge in [0.2, 0.25) is 0 Å². The van der Waals surface area contributed by atoms with Crippen molar-refractivity contribution in [3.63, 3.8) is 0 Å². The van der Waals surface area contributed by atoms with Crippen molar-refractivity contribution in [2.45, 2.75) is 68.9 Å². The standard InChI is InChI=1S/C11H10F3N3O3S.C10H11N3S.C9H9N3OS.C6H7N3OS.C3H6O2.CH5N/c1-3-9-15-5-7-4-8(6(2)16-10(7)17-9)20-21(18,19)11(12,13)14;1-6-4-8-5-11-10(14-3)13-9(8)12-7(6)2;1-5-7(13)3-6-4-10-9(14-2)12-8(6)11-5;1-11-6-8-2-4(3-10)5(7)9-6;1-3(5)2-4;1-2/h4-5H,3H2,1-2H3;4-5H,1-3H3;3-4,13H,1-2H3;2-3H,1H3,(H2,7,8,9);4H,2H2,1H3;2H2,1H3. The predicted octanol–water partition coefficient (Wildman–Crippen LogP) is 5.98. The number of carbonyl (C=O) groups excluding carboxylic acids is 2. The Morgan fingerprint density at radius 3 is 1.66 bits per heavy atom. The second-order valence-electron chi connectivity index (χ2n) is 12.8. The van der Waals surface area contributed by atoms with Crippen molar-refractivity contribution in [3.05, 3.63) is 77.0 Å². The van der Waals surface area contributed by atoms with E-state index in [0.29, 0.717) is 45.7 Å². The number of nitrogen functional groups attached to an aromatic ring is 1. The van der Waals surface area contributed by atoms with E-state index in [1.54, 1.807) is 19.2 Å². The molecule has 0 atom stereocenters. The van der Waals surface area contributed by atoms with Crippen molar-refractivity contribution in [1.82, 2.24) is 54.8 Å². The molecule has 7 heterocycles. The van der Waals surface area contributed by atoms with Gasteiger partial charge in [-0.3, -0.25) is 9.59 Å². The smallest absolute Gasteiger partial charge is 0.506 e. The molecule has 0 aromatic carbocycles. The normalized spacial score (nSPS) is 10.7. The number of thioether (sulfide) groups is 3. The van der Waals surface area contributed by atoms with Crippen LogP contribution in [0.2, 0.25) is 0 Å². The first-order chi connectivity index (χ1) is 31.6. The molecule has 0 fully saturated rings. The van der Waals surface area contributed by atoms with E-state index in [1.165, 1.54) is 74.1 Å². The quantitative estimate of drug-likeness (QED) is 0.0447. The summed E-state index contributed by atoms with van der Waals surface area (Å²) in [5.74, 6) is 0.237. The number of aldehydes is 1. The second-order valence-corrected chi connectivity index (χ2v) is 16.7. The highest BCUT2D eigenvalue weighted by atomic mass is 32.2. The van der Waals surface area contributed by atoms with Crippen LogP contribution in [-0.2, 0) is 21.3 Å². The largest absolute Gasteiger partial charge is 0.534 e. The number of Topliss-reactive ketones (excluding diaryl/α,β-unsaturated/α-hetero) is 1. The first kappa shape index (κ1) is 57.1. The minimum absolute atomic E-state index is 0.0175. The molecule has 0 aliphatic carbocycles. The van der Waals surface area contributed by atoms with Gasteiger partial charge in [0, 0.05) is 53.1 Å². The third-order valence-electron chi connectivity index (χ3n) is 7.99. The van der Waals surface area contributed by atoms with E-state index in [1.807, 2.05) is 45.7 Å². The van der Waals surface area contributed by atoms with Crippen LogP contribution >= 0.6 is 35.3 Å². The molecule has 20 nitrogen and oxygen atoms in total. The van der Waals surface area contributed by atoms with E-state index in [4.69, 9.17) is 10.8 Å². The lowest BCUT2D eigenvalue weighted by molar-refractivity contribution is -0.119. The fourth-order valence-electron chi connectivity index (χ4n) is 4.43. The van der Waals surface area contributed by atoms with Crippen molar-refractivity contribution in [2.75, 3.05) is 38.2 Å². The van der Waals surface area contributed by atoms with Crippen LogP contribution in [-0.4, -0.2) is 123 Å². The molecule has 0 spiro atoms. The molecule has 0 aliphatic rings. The fraction of sp³-hybridized carbons (Fsp3) is 0.325. The van der Waals surface area contributed by atoms with Crippen molar-refractivity contribution >= 4 is 96.4 Å². The molecule has 7 aromatic heterocycles. The second kappa shape index (κ2) is 27.0. The van der Waals surface area contributed by atoms with E-state index < -0.39 is 21.4 Å². The molecule has 6 N–H and O–H groups in total. The van der Waals surface area contributed by atoms with Crippen LogP contribution in [0.1, 0.15) is 52.7 Å². The number of nitrogens with two attached hydrogens (primary N) is 2. The van der Waals surface area contributed by atoms with Crippen molar-refractivity contribution in [1.29, 1.82) is 0 Å². The fourth-order valence-corrected chi connectivity index (χ4v) is 5.95. The van der Waals surface area contributed by atoms with E-state index >= 15 is 0 Å². The van der Waals surface area contributed by atoms with Gasteiger partial charge in [-0.1, -0.05) is 42.2 Å². The number of aryl methyl sites for hydroxylation is 5. The highest BCUT2D eigenvalue weighted by molar-refractivity contribution is 7.98. The molecule has 7 aromatic rings. The summed E-state index contributed by atoms with van der Waals surface area (Å²) in [6, 6.07) is 4.81. The van der Waals surface area contributed by atoms with Crippen LogP contribution < -0.4 is 15.7 Å². The van der Waals surface area contributed by atoms with E-state index in [2.05, 4.69) is 70.8 Å². The molecule has 0 amide bonds. The van der Waals surface area contributed by atoms with Gasteiger partial charge in [-0.25, -0.2) is 54.8 Å². The zero-order chi connectivity index (χ0) is 50.6. The molecule has 0 aliphatic heterocycles. The summed E-state index contributed by atoms with van der Waals surface area (Å²) in [6.07, 6.45) is 13.2. The van der Waals surface area contributed by atoms with Gasteiger partial charge in [0.25, 0.3) is 0 Å². The number of hydrogen-bond acceptors (Lipinski definition) is 23. The number of carbonyl (C=O) groups is 2. The third-order valence-corrected chi connectivity index (χ3v) is 10.6. The number of aliphatic hydroxyl groups excluding tert-OH is 1. The molecule has 0 saturated carbocycles. The zero-order valence-corrected chi connectivity index (χ0v) is 41.1. The van der Waals surface area contributed by atoms with Gasteiger partial charge < -0.3 is 25.9 Å². The van der Waals surface area contributed by atoms with Crippen molar-refractivity contribution < 1.29 is 45.6 Å². The number of nitrogens with zero attached hydrogens (tertiary/aromatic N) is 11. The van der Waals surface area contributed by atoms with Gasteiger partial charge in [0.1, 0.15) is 24.0 Å². The Balaban J connectivity index is 0.000000299. The Kier molecular flexibility index (Phi) is 23.0. The average molecular weight is 1010 g/mol. The Hall–Kier alpha value is -6.00. The molecular formula is C40H48F3N13O7S4. The van der Waals surface area contributed by atoms with Crippen LogP contribution in [0.4, 0.5) is 19.0 Å². The maximum Gasteiger partial charge on any atom is 0.534 e. The van der Waals surface area contributed by atoms with E-state index in [-0.39, 0.29) is 40.7 Å². The molecule has 0 bridgehead atoms. The number of rotatable bonds is 8. The minimum Gasteiger partial charge on any atom is -0.506 e. The summed E-state index contributed by atoms with van der Waals surface area (Å²) in [5.41, 5.74) is 9.19. The molecular weight excluding hydrogens is 960 g/mol. The number of aliphatic hydroxyl groups is 1. The Morgan fingerprint density at radius 2 is 1.18 bits per heavy atom. The Bertz CT molecular complexity index is 2810. The maximum absolute atomic E-state index is 12.3. The van der Waals surface area contributed by atoms with Gasteiger partial charge in [0.05, 0.1) is 17.0 Å². The zero-order valence-electron chi connectivity index (χ0n) is 37.8. The maximum atomic E-state index is 12.3. The van der Waals surface area contributed by atoms with Gasteiger partial charge in [-0.15, -0.1) is 0 Å². The number of aromatic hydroxyl groups is 1. The monoisotopic (exact) mass is 1010 g/mol. The molecule has 0 unspecified atom stereocenters. The summed E-state index contributed by atoms with van der Waals surface area (Å²) in [5, 5.41) is 21.3. The number of ketones is 1. The lowest BCUT2D eigenvalue weighted by atomic mass is 10.2. The summed E-state index contributed by atoms with van der Waals surface area (Å²) >= 11 is 4.38. The lowest BCUT2D eigenvalue weighted by Gasteiger charge is -2.11. The van der Waals surface area contributed by atoms with Crippen LogP contribution in [0.25, 0.3) is 33.1 Å². The van der Waals surface area contributed by atoms with Crippen LogP contribution in [0.3, 0.4) is 0 Å². The van der Waals surface area contributed by atoms with Crippen molar-refractivity contribution in [2.24, 2.45) is 5.73 Å². The highest BCUT2D eigenvalue weighted by Crippen LogP contribution is 2.30. The molecule has 0 saturated heterocycles. The number of pyridine rings is 3. The highest BCUT2D eigenvalue weighted by Gasteiger charge is 2.48. The van der Waals surface area contributed by atoms with E-state index in [0.717, 1.165) is 33.3 Å². The number of halogens is 3. The van der Waals surface area contributed by atoms with E-state index in [9.17, 15) is 36.3 Å². The third kappa shape index (κ3) is 17.3. The lowest BCUT2D eigenvalue weighted by Crippen LogP contribution is -2.28. The predicted molar refractivity (Wildman–Crippen MR) is 253 cm³/mol. The molecule has 67 heavy (non-hydrogen) atoms. The minimum atomic E-state index is -5.74. The molecule has 7 rings (SSSR count). The Morgan fingerprint density at radius 1 is 0.731 bits per heavy atom. The van der Waals surface area contributed by atoms with Crippen LogP contribution in [0, 0.1) is 27.7 Å². The molecule has 27 heteroatoms. The van der Waals surface area contributed by atoms with Gasteiger partial charge in [-0.05, 0) is 84.2 Å². The Labute approximate surface area is 396 Å². The SMILES string of the molecule is CC(=O)CO.CCc1ncc2cc(OS(=O)(=O)C(F)(F)F)c(C)nc2n1.CN.CSc1ncc(C=O)c(N)n1.CSc1ncc2cc(C)c(C)nc2n1.CSc1ncc2cc(O)c(C)nc2n1. The average Bonchev–Trinajstić information content (AvgIpc) is 3.30. The van der Waals surface area contributed by atoms with Crippen LogP contribution in [0.5, 0.6) is 11.5 Å². The number of hydrogen-bond donors (Lipinski definition) is 4. The summed E-state index contributed by atoms with van der Waals surface area (Å²) in [4.78, 5) is 65.0. The number of fused-ring (bicyclic) bond motifs is 3. The molecule has 0 radical (unpaired) electrons. The summed E-state index contributed by atoms with van der Waals surface area (Å²) in [6.45, 7) is 9.95. The summed E-state index contributed by atoms with van der Waals surface area (Å²) in [7, 11) is -4.24. The first-order valence-corrected chi connectivity index (χ1v) is 24.1. The van der Waals surface area contributed by atoms with Gasteiger partial charge >= 0.3 is 15.6 Å². The summed E-state index contributed by atoms with van der Waals surface area (Å²) < 4.78 is 63.0. The number of anilines is 1. The van der Waals surface area contributed by atoms with Crippen molar-refractivity contribution in [3.8, 4) is 11.5 Å². The van der Waals surface area contributed by atoms with Gasteiger partial charge in [-0.2, -0.15) is 21.6 Å². The first-order valence-electron chi connectivity index (χ1n) is 19.1. The molecule has 360 valence electrons.